The van der Waals surface area contributed by atoms with Crippen molar-refractivity contribution in [1.29, 1.82) is 0 Å². The second kappa shape index (κ2) is 11.5. The van der Waals surface area contributed by atoms with Crippen LogP contribution in [0.2, 0.25) is 0 Å². The Kier molecular flexibility index (Phi) is 6.97. The molecule has 8 aromatic rings. The van der Waals surface area contributed by atoms with Crippen molar-refractivity contribution in [2.75, 3.05) is 0 Å². The van der Waals surface area contributed by atoms with Gasteiger partial charge in [0.25, 0.3) is 5.56 Å². The number of nitrogens with zero attached hydrogens (tertiary/aromatic N) is 3. The van der Waals surface area contributed by atoms with E-state index >= 15 is 0 Å². The van der Waals surface area contributed by atoms with Crippen LogP contribution in [-0.4, -0.2) is 13.5 Å². The lowest BCUT2D eigenvalue weighted by atomic mass is 9.99. The molecule has 0 fully saturated rings. The van der Waals surface area contributed by atoms with Crippen LogP contribution in [0.15, 0.2) is 151 Å². The first-order valence-electron chi connectivity index (χ1n) is 15.9. The second-order valence-corrected chi connectivity index (χ2v) is 11.9. The van der Waals surface area contributed by atoms with Gasteiger partial charge in [-0.3, -0.25) is 9.36 Å². The van der Waals surface area contributed by atoms with Crippen molar-refractivity contribution in [1.82, 2.24) is 13.5 Å². The molecule has 0 saturated heterocycles. The SMILES string of the molecule is C/C=C\C=C(/C)c1cn2c3ccc(-c4ccc5c(c4)c4ccccc4n5CN)cc3c(=O)n(-c3ccccc3)c2c1-c1ccccc1. The number of hydrogen-bond acceptors (Lipinski definition) is 2. The number of fused-ring (bicyclic) bond motifs is 6. The molecule has 0 atom stereocenters. The van der Waals surface area contributed by atoms with Crippen LogP contribution >= 0.6 is 0 Å². The first-order valence-corrected chi connectivity index (χ1v) is 15.9. The molecular formula is C42H34N4O. The lowest BCUT2D eigenvalue weighted by molar-refractivity contribution is 0.791. The predicted octanol–water partition coefficient (Wildman–Crippen LogP) is 9.58. The molecule has 0 unspecified atom stereocenters. The lowest BCUT2D eigenvalue weighted by Crippen LogP contribution is -2.21. The Balaban J connectivity index is 1.45. The van der Waals surface area contributed by atoms with Gasteiger partial charge in [0.2, 0.25) is 0 Å². The third-order valence-corrected chi connectivity index (χ3v) is 9.21. The van der Waals surface area contributed by atoms with Crippen molar-refractivity contribution < 1.29 is 0 Å². The van der Waals surface area contributed by atoms with Crippen molar-refractivity contribution in [2.24, 2.45) is 5.73 Å². The van der Waals surface area contributed by atoms with Crippen molar-refractivity contribution >= 4 is 43.9 Å². The zero-order chi connectivity index (χ0) is 32.1. The van der Waals surface area contributed by atoms with Gasteiger partial charge in [0, 0.05) is 28.1 Å². The van der Waals surface area contributed by atoms with Gasteiger partial charge in [-0.2, -0.15) is 0 Å². The minimum absolute atomic E-state index is 0.0571. The maximum absolute atomic E-state index is 14.8. The fraction of sp³-hybridized carbons (Fsp3) is 0.0714. The van der Waals surface area contributed by atoms with E-state index in [0.29, 0.717) is 12.1 Å². The summed E-state index contributed by atoms with van der Waals surface area (Å²) in [6, 6.07) is 41.4. The van der Waals surface area contributed by atoms with Gasteiger partial charge < -0.3 is 14.7 Å². The highest BCUT2D eigenvalue weighted by Gasteiger charge is 2.22. The monoisotopic (exact) mass is 610 g/mol. The average Bonchev–Trinajstić information content (AvgIpc) is 3.67. The van der Waals surface area contributed by atoms with Gasteiger partial charge in [-0.15, -0.1) is 0 Å². The lowest BCUT2D eigenvalue weighted by Gasteiger charge is -2.15. The summed E-state index contributed by atoms with van der Waals surface area (Å²) in [5, 5.41) is 2.96. The minimum atomic E-state index is -0.0571. The fourth-order valence-electron chi connectivity index (χ4n) is 6.98. The maximum atomic E-state index is 14.8. The van der Waals surface area contributed by atoms with Crippen LogP contribution in [0.25, 0.3) is 71.9 Å². The van der Waals surface area contributed by atoms with Crippen molar-refractivity contribution in [2.45, 2.75) is 20.5 Å². The number of benzene rings is 5. The second-order valence-electron chi connectivity index (χ2n) is 11.9. The molecule has 0 aliphatic rings. The number of nitrogens with two attached hydrogens (primary N) is 1. The predicted molar refractivity (Wildman–Crippen MR) is 197 cm³/mol. The van der Waals surface area contributed by atoms with Gasteiger partial charge in [0.15, 0.2) is 0 Å². The minimum Gasteiger partial charge on any atom is -0.327 e. The van der Waals surface area contributed by atoms with Crippen LogP contribution in [0.1, 0.15) is 19.4 Å². The van der Waals surface area contributed by atoms with Crippen LogP contribution in [0.5, 0.6) is 0 Å². The molecule has 2 N–H and O–H groups in total. The molecule has 5 nitrogen and oxygen atoms in total. The molecule has 5 aromatic carbocycles. The molecule has 0 bridgehead atoms. The number of aromatic nitrogens is 3. The molecular weight excluding hydrogens is 576 g/mol. The van der Waals surface area contributed by atoms with Gasteiger partial charge >= 0.3 is 0 Å². The Bertz CT molecular complexity index is 2580. The number of rotatable bonds is 6. The van der Waals surface area contributed by atoms with E-state index in [1.807, 2.05) is 78.2 Å². The first kappa shape index (κ1) is 28.6. The van der Waals surface area contributed by atoms with Crippen molar-refractivity contribution in [3.05, 3.63) is 162 Å². The molecule has 0 aliphatic heterocycles. The topological polar surface area (TPSA) is 57.4 Å². The zero-order valence-electron chi connectivity index (χ0n) is 26.4. The standard InChI is InChI=1S/C42H34N4O/c1-3-4-13-28(2)36-26-44-39-23-21-31(30-20-22-38-34(24-30)33-18-11-12-19-37(33)45(38)27-43)25-35(39)42(47)46(32-16-9-6-10-17-32)41(44)40(36)29-14-7-5-8-15-29/h3-26H,27,43H2,1-2H3/b4-3-,28-13+. The van der Waals surface area contributed by atoms with Gasteiger partial charge in [0.1, 0.15) is 5.65 Å². The largest absolute Gasteiger partial charge is 0.327 e. The smallest absolute Gasteiger partial charge is 0.266 e. The highest BCUT2D eigenvalue weighted by Crippen LogP contribution is 2.38. The maximum Gasteiger partial charge on any atom is 0.266 e. The van der Waals surface area contributed by atoms with Crippen LogP contribution < -0.4 is 11.3 Å². The summed E-state index contributed by atoms with van der Waals surface area (Å²) in [6.45, 7) is 4.55. The van der Waals surface area contributed by atoms with Gasteiger partial charge in [-0.1, -0.05) is 97.1 Å². The Morgan fingerprint density at radius 3 is 2.06 bits per heavy atom. The van der Waals surface area contributed by atoms with Crippen LogP contribution in [0, 0.1) is 0 Å². The molecule has 47 heavy (non-hydrogen) atoms. The van der Waals surface area contributed by atoms with Gasteiger partial charge in [0.05, 0.1) is 34.3 Å². The van der Waals surface area contributed by atoms with Crippen molar-refractivity contribution in [3.63, 3.8) is 0 Å². The van der Waals surface area contributed by atoms with Gasteiger partial charge in [-0.25, -0.2) is 0 Å². The van der Waals surface area contributed by atoms with E-state index in [9.17, 15) is 4.79 Å². The summed E-state index contributed by atoms with van der Waals surface area (Å²) in [6.07, 6.45) is 8.40. The molecule has 0 amide bonds. The first-order chi connectivity index (χ1) is 23.1. The van der Waals surface area contributed by atoms with Crippen LogP contribution in [0.3, 0.4) is 0 Å². The summed E-state index contributed by atoms with van der Waals surface area (Å²) in [7, 11) is 0. The highest BCUT2D eigenvalue weighted by molar-refractivity contribution is 6.09. The average molecular weight is 611 g/mol. The zero-order valence-corrected chi connectivity index (χ0v) is 26.4. The van der Waals surface area contributed by atoms with E-state index in [-0.39, 0.29) is 5.56 Å². The molecule has 0 spiro atoms. The van der Waals surface area contributed by atoms with E-state index in [0.717, 1.165) is 66.7 Å². The summed E-state index contributed by atoms with van der Waals surface area (Å²) in [5.74, 6) is 0. The van der Waals surface area contributed by atoms with Gasteiger partial charge in [-0.05, 0) is 78.6 Å². The molecule has 0 radical (unpaired) electrons. The van der Waals surface area contributed by atoms with Crippen molar-refractivity contribution in [3.8, 4) is 27.9 Å². The molecule has 3 heterocycles. The number of allylic oxidation sites excluding steroid dienone is 4. The molecule has 3 aromatic heterocycles. The summed E-state index contributed by atoms with van der Waals surface area (Å²) < 4.78 is 6.21. The summed E-state index contributed by atoms with van der Waals surface area (Å²) in [4.78, 5) is 14.8. The third-order valence-electron chi connectivity index (χ3n) is 9.21. The van der Waals surface area contributed by atoms with E-state index < -0.39 is 0 Å². The molecule has 8 rings (SSSR count). The quantitative estimate of drug-likeness (QED) is 0.191. The molecule has 228 valence electrons. The third kappa shape index (κ3) is 4.55. The van der Waals surface area contributed by atoms with E-state index in [2.05, 4.69) is 94.9 Å². The Morgan fingerprint density at radius 1 is 0.702 bits per heavy atom. The van der Waals surface area contributed by atoms with E-state index in [4.69, 9.17) is 5.73 Å². The fourth-order valence-corrected chi connectivity index (χ4v) is 6.98. The number of para-hydroxylation sites is 2. The molecule has 0 aliphatic carbocycles. The molecule has 5 heteroatoms. The Labute approximate surface area is 272 Å². The summed E-state index contributed by atoms with van der Waals surface area (Å²) >= 11 is 0. The Morgan fingerprint density at radius 2 is 1.34 bits per heavy atom. The summed E-state index contributed by atoms with van der Waals surface area (Å²) in [5.41, 5.74) is 17.2. The molecule has 0 saturated carbocycles. The van der Waals surface area contributed by atoms with E-state index in [1.54, 1.807) is 0 Å². The normalized spacial score (nSPS) is 12.4. The Hall–Kier alpha value is -5.91. The van der Waals surface area contributed by atoms with E-state index in [1.165, 1.54) is 5.39 Å². The highest BCUT2D eigenvalue weighted by atomic mass is 16.1. The van der Waals surface area contributed by atoms with Crippen LogP contribution in [-0.2, 0) is 6.67 Å². The number of hydrogen-bond donors (Lipinski definition) is 1. The van der Waals surface area contributed by atoms with Crippen LogP contribution in [0.4, 0.5) is 0 Å².